The summed E-state index contributed by atoms with van der Waals surface area (Å²) in [5.74, 6) is 0. The molecule has 1 saturated heterocycles. The van der Waals surface area contributed by atoms with Crippen LogP contribution in [0.5, 0.6) is 0 Å². The third-order valence-electron chi connectivity index (χ3n) is 4.54. The van der Waals surface area contributed by atoms with E-state index in [9.17, 15) is 0 Å². The van der Waals surface area contributed by atoms with Gasteiger partial charge in [0.05, 0.1) is 23.3 Å². The molecule has 2 heterocycles. The molecule has 0 atom stereocenters. The summed E-state index contributed by atoms with van der Waals surface area (Å²) in [5, 5.41) is 2.65. The minimum absolute atomic E-state index is 0.648. The summed E-state index contributed by atoms with van der Waals surface area (Å²) in [5.41, 5.74) is 3.23. The van der Waals surface area contributed by atoms with E-state index in [0.717, 1.165) is 48.1 Å². The number of rotatable bonds is 1. The lowest BCUT2D eigenvalue weighted by molar-refractivity contribution is 0.312. The molecule has 0 spiro atoms. The second-order valence-electron chi connectivity index (χ2n) is 6.14. The van der Waals surface area contributed by atoms with E-state index in [1.165, 1.54) is 5.69 Å². The van der Waals surface area contributed by atoms with E-state index in [2.05, 4.69) is 29.0 Å². The third kappa shape index (κ3) is 2.84. The van der Waals surface area contributed by atoms with E-state index < -0.39 is 0 Å². The Balaban J connectivity index is 1.86. The molecule has 0 aliphatic carbocycles. The van der Waals surface area contributed by atoms with Crippen LogP contribution in [0.4, 0.5) is 11.4 Å². The number of hydrogen-bond acceptors (Lipinski definition) is 4. The van der Waals surface area contributed by atoms with Gasteiger partial charge in [0.25, 0.3) is 0 Å². The molecule has 0 saturated carbocycles. The van der Waals surface area contributed by atoms with E-state index in [1.54, 1.807) is 0 Å². The first-order valence-electron chi connectivity index (χ1n) is 7.95. The number of fused-ring (bicyclic) bond motifs is 2. The van der Waals surface area contributed by atoms with Crippen molar-refractivity contribution in [1.29, 1.82) is 0 Å². The summed E-state index contributed by atoms with van der Waals surface area (Å²) in [6, 6.07) is 12.1. The topological polar surface area (TPSA) is 31.2 Å². The summed E-state index contributed by atoms with van der Waals surface area (Å²) in [6.45, 7) is 4.83. The van der Waals surface area contributed by atoms with E-state index in [-0.39, 0.29) is 0 Å². The zero-order valence-electron chi connectivity index (χ0n) is 13.2. The monoisotopic (exact) mass is 326 g/mol. The molecule has 2 aromatic rings. The van der Waals surface area contributed by atoms with Gasteiger partial charge >= 0.3 is 0 Å². The predicted octanol–water partition coefficient (Wildman–Crippen LogP) is 2.18. The Morgan fingerprint density at radius 2 is 1.87 bits per heavy atom. The van der Waals surface area contributed by atoms with E-state index in [4.69, 9.17) is 21.6 Å². The van der Waals surface area contributed by atoms with Gasteiger partial charge in [-0.1, -0.05) is 23.7 Å². The smallest absolute Gasteiger partial charge is 0.112 e. The fourth-order valence-corrected chi connectivity index (χ4v) is 3.30. The Morgan fingerprint density at radius 1 is 1.04 bits per heavy atom. The average Bonchev–Trinajstić information content (AvgIpc) is 2.74. The maximum Gasteiger partial charge on any atom is 0.112 e. The van der Waals surface area contributed by atoms with Crippen LogP contribution in [0.2, 0.25) is 5.02 Å². The number of anilines is 1. The molecule has 0 aromatic heterocycles. The largest absolute Gasteiger partial charge is 0.367 e. The summed E-state index contributed by atoms with van der Waals surface area (Å²) < 4.78 is 0. The molecule has 0 N–H and O–H groups in total. The lowest BCUT2D eigenvalue weighted by atomic mass is 10.2. The van der Waals surface area contributed by atoms with Crippen molar-refractivity contribution in [3.63, 3.8) is 0 Å². The maximum atomic E-state index is 6.16. The van der Waals surface area contributed by atoms with Crippen LogP contribution in [0.1, 0.15) is 5.56 Å². The predicted molar refractivity (Wildman–Crippen MR) is 93.3 cm³/mol. The number of halogens is 1. The molecule has 118 valence electrons. The van der Waals surface area contributed by atoms with Gasteiger partial charge in [-0.25, -0.2) is 4.99 Å². The quantitative estimate of drug-likeness (QED) is 0.804. The van der Waals surface area contributed by atoms with Crippen LogP contribution in [-0.4, -0.2) is 38.1 Å². The summed E-state index contributed by atoms with van der Waals surface area (Å²) in [7, 11) is 2.17. The highest BCUT2D eigenvalue weighted by atomic mass is 35.5. The van der Waals surface area contributed by atoms with Gasteiger partial charge in [-0.3, -0.25) is 4.99 Å². The van der Waals surface area contributed by atoms with E-state index in [1.807, 2.05) is 24.3 Å². The number of hydrogen-bond donors (Lipinski definition) is 0. The first-order chi connectivity index (χ1) is 11.2. The zero-order valence-corrected chi connectivity index (χ0v) is 13.9. The van der Waals surface area contributed by atoms with Gasteiger partial charge in [0.2, 0.25) is 0 Å². The van der Waals surface area contributed by atoms with Gasteiger partial charge in [-0.2, -0.15) is 0 Å². The van der Waals surface area contributed by atoms with Crippen LogP contribution in [0.25, 0.3) is 0 Å². The molecule has 2 aliphatic rings. The van der Waals surface area contributed by atoms with Crippen molar-refractivity contribution in [3.8, 4) is 0 Å². The molecule has 1 fully saturated rings. The van der Waals surface area contributed by atoms with Gasteiger partial charge in [-0.15, -0.1) is 0 Å². The molecule has 0 unspecified atom stereocenters. The van der Waals surface area contributed by atoms with Crippen molar-refractivity contribution >= 4 is 23.0 Å². The van der Waals surface area contributed by atoms with Crippen molar-refractivity contribution in [2.24, 2.45) is 9.98 Å². The van der Waals surface area contributed by atoms with Gasteiger partial charge in [0.1, 0.15) is 5.36 Å². The molecule has 2 aliphatic heterocycles. The van der Waals surface area contributed by atoms with Crippen LogP contribution < -0.4 is 15.6 Å². The highest BCUT2D eigenvalue weighted by Gasteiger charge is 2.17. The Labute approximate surface area is 140 Å². The Hall–Kier alpha value is -1.91. The van der Waals surface area contributed by atoms with Gasteiger partial charge in [-0.05, 0) is 36.9 Å². The molecule has 0 amide bonds. The molecule has 0 radical (unpaired) electrons. The van der Waals surface area contributed by atoms with Crippen molar-refractivity contribution in [2.45, 2.75) is 6.54 Å². The fourth-order valence-electron chi connectivity index (χ4n) is 3.13. The molecule has 0 bridgehead atoms. The average molecular weight is 327 g/mol. The maximum absolute atomic E-state index is 6.16. The summed E-state index contributed by atoms with van der Waals surface area (Å²) in [6.07, 6.45) is 0. The fraction of sp³-hybridized carbons (Fsp3) is 0.333. The Morgan fingerprint density at radius 3 is 2.70 bits per heavy atom. The SMILES string of the molecule is CN1CCN(c2cccc3c2=Nc2cc(Cl)ccc2CN=3)CC1. The standard InChI is InChI=1S/C18H19ClN4/c1-22-7-9-23(10-8-22)17-4-2-3-15-18(17)21-16-11-14(19)6-5-13(16)12-20-15/h2-6,11H,7-10,12H2,1H3. The minimum atomic E-state index is 0.648. The molecule has 4 rings (SSSR count). The number of para-hydroxylation sites is 1. The summed E-state index contributed by atoms with van der Waals surface area (Å²) >= 11 is 6.16. The van der Waals surface area contributed by atoms with E-state index >= 15 is 0 Å². The van der Waals surface area contributed by atoms with Gasteiger partial charge < -0.3 is 9.80 Å². The molecule has 2 aromatic carbocycles. The van der Waals surface area contributed by atoms with Crippen molar-refractivity contribution < 1.29 is 0 Å². The molecule has 4 nitrogen and oxygen atoms in total. The first-order valence-corrected chi connectivity index (χ1v) is 8.33. The van der Waals surface area contributed by atoms with Crippen molar-refractivity contribution in [3.05, 3.63) is 57.7 Å². The number of piperazine rings is 1. The molecule has 23 heavy (non-hydrogen) atoms. The van der Waals surface area contributed by atoms with Crippen molar-refractivity contribution in [1.82, 2.24) is 4.90 Å². The number of nitrogens with zero attached hydrogens (tertiary/aromatic N) is 4. The second-order valence-corrected chi connectivity index (χ2v) is 6.57. The second kappa shape index (κ2) is 5.95. The lowest BCUT2D eigenvalue weighted by Gasteiger charge is -2.34. The lowest BCUT2D eigenvalue weighted by Crippen LogP contribution is -2.47. The van der Waals surface area contributed by atoms with Crippen LogP contribution in [-0.2, 0) is 6.54 Å². The number of likely N-dealkylation sites (N-methyl/N-ethyl adjacent to an activating group) is 1. The molecular weight excluding hydrogens is 308 g/mol. The highest BCUT2D eigenvalue weighted by molar-refractivity contribution is 6.30. The summed E-state index contributed by atoms with van der Waals surface area (Å²) in [4.78, 5) is 14.4. The number of benzene rings is 2. The van der Waals surface area contributed by atoms with Crippen LogP contribution in [0.3, 0.4) is 0 Å². The normalized spacial score (nSPS) is 17.6. The molecule has 5 heteroatoms. The Kier molecular flexibility index (Phi) is 3.79. The van der Waals surface area contributed by atoms with Gasteiger partial charge in [0.15, 0.2) is 0 Å². The Bertz CT molecular complexity index is 854. The van der Waals surface area contributed by atoms with Crippen LogP contribution >= 0.6 is 11.6 Å². The van der Waals surface area contributed by atoms with Crippen LogP contribution in [0.15, 0.2) is 46.4 Å². The minimum Gasteiger partial charge on any atom is -0.367 e. The third-order valence-corrected chi connectivity index (χ3v) is 4.77. The van der Waals surface area contributed by atoms with Crippen molar-refractivity contribution in [2.75, 3.05) is 38.1 Å². The first kappa shape index (κ1) is 14.7. The van der Waals surface area contributed by atoms with Gasteiger partial charge in [0, 0.05) is 31.2 Å². The molecular formula is C18H19ClN4. The van der Waals surface area contributed by atoms with E-state index in [0.29, 0.717) is 11.6 Å². The zero-order chi connectivity index (χ0) is 15.8. The highest BCUT2D eigenvalue weighted by Crippen LogP contribution is 2.25. The van der Waals surface area contributed by atoms with Crippen LogP contribution in [0, 0.1) is 0 Å².